The zero-order chi connectivity index (χ0) is 23.7. The maximum Gasteiger partial charge on any atom is 0.414 e. The van der Waals surface area contributed by atoms with E-state index in [1.807, 2.05) is 0 Å². The molecule has 11 nitrogen and oxygen atoms in total. The van der Waals surface area contributed by atoms with Gasteiger partial charge in [-0.15, -0.1) is 0 Å². The van der Waals surface area contributed by atoms with Crippen molar-refractivity contribution in [3.05, 3.63) is 30.1 Å². The number of carbonyl (C=O) groups excluding carboxylic acids is 2. The van der Waals surface area contributed by atoms with E-state index in [-0.39, 0.29) is 30.3 Å². The number of nitrogens with zero attached hydrogens (tertiary/aromatic N) is 4. The number of aliphatic carboxylic acids is 2. The lowest BCUT2D eigenvalue weighted by Crippen LogP contribution is -2.43. The first-order valence-corrected chi connectivity index (χ1v) is 9.92. The van der Waals surface area contributed by atoms with Crippen molar-refractivity contribution in [1.82, 2.24) is 15.1 Å². The van der Waals surface area contributed by atoms with E-state index in [2.05, 4.69) is 11.4 Å². The highest BCUT2D eigenvalue weighted by Crippen LogP contribution is 2.20. The highest BCUT2D eigenvalue weighted by molar-refractivity contribution is 6.27. The number of benzene rings is 1. The lowest BCUT2D eigenvalue weighted by molar-refractivity contribution is -0.159. The Labute approximate surface area is 183 Å². The third kappa shape index (κ3) is 6.64. The number of anilines is 1. The van der Waals surface area contributed by atoms with E-state index < -0.39 is 11.9 Å². The van der Waals surface area contributed by atoms with Gasteiger partial charge in [0, 0.05) is 38.4 Å². The molecular formula is C20H24FN5O6. The molecule has 2 fully saturated rings. The second-order valence-electron chi connectivity index (χ2n) is 7.06. The van der Waals surface area contributed by atoms with Crippen LogP contribution in [0.2, 0.25) is 0 Å². The predicted octanol–water partition coefficient (Wildman–Crippen LogP) is 0.327. The number of carbonyl (C=O) groups is 4. The number of hydrogen-bond donors (Lipinski definition) is 3. The van der Waals surface area contributed by atoms with Crippen molar-refractivity contribution in [2.24, 2.45) is 0 Å². The van der Waals surface area contributed by atoms with Crippen molar-refractivity contribution in [3.63, 3.8) is 0 Å². The van der Waals surface area contributed by atoms with E-state index in [0.717, 1.165) is 12.8 Å². The van der Waals surface area contributed by atoms with E-state index in [1.54, 1.807) is 26.8 Å². The van der Waals surface area contributed by atoms with Crippen LogP contribution in [0.25, 0.3) is 0 Å². The number of urea groups is 1. The lowest BCUT2D eigenvalue weighted by atomic mass is 10.2. The Morgan fingerprint density at radius 2 is 1.91 bits per heavy atom. The Bertz CT molecular complexity index is 893. The van der Waals surface area contributed by atoms with Crippen LogP contribution in [0.4, 0.5) is 14.9 Å². The molecule has 1 aromatic rings. The van der Waals surface area contributed by atoms with E-state index >= 15 is 0 Å². The molecular weight excluding hydrogens is 425 g/mol. The van der Waals surface area contributed by atoms with Gasteiger partial charge in [0.15, 0.2) is 0 Å². The number of carboxylic acid groups (broad SMARTS) is 2. The maximum atomic E-state index is 13.3. The van der Waals surface area contributed by atoms with Gasteiger partial charge in [0.2, 0.25) is 5.91 Å². The molecule has 172 valence electrons. The normalized spacial score (nSPS) is 17.6. The van der Waals surface area contributed by atoms with Crippen molar-refractivity contribution >= 4 is 29.6 Å². The fraction of sp³-hybridized carbons (Fsp3) is 0.450. The van der Waals surface area contributed by atoms with Crippen LogP contribution in [0.3, 0.4) is 0 Å². The second kappa shape index (κ2) is 11.6. The summed E-state index contributed by atoms with van der Waals surface area (Å²) in [6.45, 7) is 2.82. The largest absolute Gasteiger partial charge is 0.473 e. The Morgan fingerprint density at radius 3 is 2.53 bits per heavy atom. The zero-order valence-corrected chi connectivity index (χ0v) is 17.2. The van der Waals surface area contributed by atoms with Crippen molar-refractivity contribution in [3.8, 4) is 6.07 Å². The minimum Gasteiger partial charge on any atom is -0.473 e. The summed E-state index contributed by atoms with van der Waals surface area (Å²) in [5.41, 5.74) is 0.553. The van der Waals surface area contributed by atoms with Gasteiger partial charge in [-0.3, -0.25) is 9.69 Å². The first kappa shape index (κ1) is 24.5. The van der Waals surface area contributed by atoms with E-state index in [9.17, 15) is 14.0 Å². The van der Waals surface area contributed by atoms with E-state index in [1.165, 1.54) is 12.1 Å². The third-order valence-corrected chi connectivity index (χ3v) is 4.95. The topological polar surface area (TPSA) is 154 Å². The van der Waals surface area contributed by atoms with Crippen LogP contribution in [-0.2, 0) is 14.4 Å². The number of rotatable bonds is 6. The van der Waals surface area contributed by atoms with Crippen LogP contribution in [-0.4, -0.2) is 89.2 Å². The van der Waals surface area contributed by atoms with Gasteiger partial charge in [-0.2, -0.15) is 5.26 Å². The average molecular weight is 449 g/mol. The predicted molar refractivity (Wildman–Crippen MR) is 109 cm³/mol. The van der Waals surface area contributed by atoms with E-state index in [4.69, 9.17) is 25.1 Å². The molecule has 0 radical (unpaired) electrons. The maximum absolute atomic E-state index is 13.3. The number of hydrogen-bond acceptors (Lipinski definition) is 6. The number of amides is 3. The first-order chi connectivity index (χ1) is 15.2. The molecule has 1 atom stereocenters. The molecule has 2 saturated heterocycles. The molecule has 3 N–H and O–H groups in total. The van der Waals surface area contributed by atoms with Crippen LogP contribution in [0.5, 0.6) is 0 Å². The van der Waals surface area contributed by atoms with Gasteiger partial charge in [0.1, 0.15) is 11.9 Å². The summed E-state index contributed by atoms with van der Waals surface area (Å²) in [5, 5.41) is 26.9. The fourth-order valence-corrected chi connectivity index (χ4v) is 3.38. The molecule has 2 heterocycles. The van der Waals surface area contributed by atoms with Crippen LogP contribution >= 0.6 is 0 Å². The molecule has 1 unspecified atom stereocenters. The standard InChI is InChI=1S/C18H22FN5O2.C2H2O4/c19-14-3-1-4-15(11-14)24-10-9-22(18(24)26)8-6-21-13-17(25)23-7-2-5-16(23)12-20;3-1(4)2(5)6/h1,3-4,11,16,21H,2,5-10,13H2;(H,3,4)(H,5,6). The van der Waals surface area contributed by atoms with Crippen LogP contribution in [0, 0.1) is 17.1 Å². The number of carboxylic acids is 2. The Kier molecular flexibility index (Phi) is 8.91. The number of nitrogens with one attached hydrogen (secondary N) is 1. The molecule has 12 heteroatoms. The van der Waals surface area contributed by atoms with Crippen molar-refractivity contribution in [2.75, 3.05) is 44.2 Å². The summed E-state index contributed by atoms with van der Waals surface area (Å²) in [6, 6.07) is 7.67. The molecule has 32 heavy (non-hydrogen) atoms. The molecule has 3 amide bonds. The number of halogens is 1. The zero-order valence-electron chi connectivity index (χ0n) is 17.2. The van der Waals surface area contributed by atoms with Crippen molar-refractivity contribution in [1.29, 1.82) is 5.26 Å². The number of nitriles is 1. The minimum absolute atomic E-state index is 0.0804. The Hall–Kier alpha value is -3.72. The van der Waals surface area contributed by atoms with Crippen LogP contribution in [0.15, 0.2) is 24.3 Å². The summed E-state index contributed by atoms with van der Waals surface area (Å²) >= 11 is 0. The van der Waals surface area contributed by atoms with Gasteiger partial charge >= 0.3 is 18.0 Å². The fourth-order valence-electron chi connectivity index (χ4n) is 3.38. The Morgan fingerprint density at radius 1 is 1.19 bits per heavy atom. The quantitative estimate of drug-likeness (QED) is 0.415. The molecule has 1 aromatic carbocycles. The summed E-state index contributed by atoms with van der Waals surface area (Å²) < 4.78 is 13.3. The second-order valence-corrected chi connectivity index (χ2v) is 7.06. The molecule has 0 spiro atoms. The molecule has 0 aromatic heterocycles. The minimum atomic E-state index is -1.82. The van der Waals surface area contributed by atoms with Crippen LogP contribution < -0.4 is 10.2 Å². The smallest absolute Gasteiger partial charge is 0.414 e. The van der Waals surface area contributed by atoms with Gasteiger partial charge in [0.25, 0.3) is 0 Å². The van der Waals surface area contributed by atoms with Gasteiger partial charge in [-0.1, -0.05) is 6.07 Å². The molecule has 0 saturated carbocycles. The SMILES string of the molecule is N#CC1CCCN1C(=O)CNCCN1CCN(c2cccc(F)c2)C1=O.O=C(O)C(=O)O. The monoisotopic (exact) mass is 449 g/mol. The van der Waals surface area contributed by atoms with Gasteiger partial charge in [-0.05, 0) is 31.0 Å². The lowest BCUT2D eigenvalue weighted by Gasteiger charge is -2.21. The summed E-state index contributed by atoms with van der Waals surface area (Å²) in [5.74, 6) is -4.10. The summed E-state index contributed by atoms with van der Waals surface area (Å²) in [7, 11) is 0. The highest BCUT2D eigenvalue weighted by atomic mass is 19.1. The highest BCUT2D eigenvalue weighted by Gasteiger charge is 2.30. The van der Waals surface area contributed by atoms with E-state index in [0.29, 0.717) is 38.4 Å². The molecule has 3 rings (SSSR count). The third-order valence-electron chi connectivity index (χ3n) is 4.95. The van der Waals surface area contributed by atoms with Crippen LogP contribution in [0.1, 0.15) is 12.8 Å². The van der Waals surface area contributed by atoms with Gasteiger partial charge < -0.3 is 25.3 Å². The summed E-state index contributed by atoms with van der Waals surface area (Å²) in [6.07, 6.45) is 1.60. The summed E-state index contributed by atoms with van der Waals surface area (Å²) in [4.78, 5) is 47.6. The van der Waals surface area contributed by atoms with Crippen molar-refractivity contribution < 1.29 is 33.8 Å². The van der Waals surface area contributed by atoms with Gasteiger partial charge in [0.05, 0.1) is 12.6 Å². The van der Waals surface area contributed by atoms with Gasteiger partial charge in [-0.25, -0.2) is 18.8 Å². The Balaban J connectivity index is 0.000000534. The molecule has 2 aliphatic heterocycles. The average Bonchev–Trinajstić information content (AvgIpc) is 3.38. The number of likely N-dealkylation sites (tertiary alicyclic amines) is 1. The first-order valence-electron chi connectivity index (χ1n) is 9.92. The van der Waals surface area contributed by atoms with Crippen molar-refractivity contribution in [2.45, 2.75) is 18.9 Å². The molecule has 0 aliphatic carbocycles. The molecule has 0 bridgehead atoms. The molecule has 2 aliphatic rings.